The van der Waals surface area contributed by atoms with Crippen molar-refractivity contribution in [3.05, 3.63) is 0 Å². The molecule has 0 aromatic carbocycles. The molecule has 0 bridgehead atoms. The number of hydrogen-bond acceptors (Lipinski definition) is 4. The normalized spacial score (nSPS) is 26.6. The summed E-state index contributed by atoms with van der Waals surface area (Å²) < 4.78 is 52.4. The summed E-state index contributed by atoms with van der Waals surface area (Å²) in [6.45, 7) is 0.0269. The number of likely N-dealkylation sites (tertiary alicyclic amines) is 1. The van der Waals surface area contributed by atoms with Crippen molar-refractivity contribution in [2.45, 2.75) is 31.4 Å². The molecule has 112 valence electrons. The molecule has 1 rings (SSSR count). The van der Waals surface area contributed by atoms with E-state index in [4.69, 9.17) is 10.2 Å². The van der Waals surface area contributed by atoms with Crippen molar-refractivity contribution >= 4 is 16.1 Å². The molecule has 0 aliphatic carbocycles. The summed E-state index contributed by atoms with van der Waals surface area (Å²) in [5, 5.41) is 17.6. The lowest BCUT2D eigenvalue weighted by molar-refractivity contribution is -0.0496. The number of amides is 1. The molecule has 0 radical (unpaired) electrons. The number of hydrogen-bond donors (Lipinski definition) is 3. The third-order valence-corrected chi connectivity index (χ3v) is 4.42. The number of halogens is 2. The SMILES string of the molecule is CCS(=O)(=O)N[C@@H]1CN(C(=O)O)[C@H](CCO)C1(F)F. The van der Waals surface area contributed by atoms with Crippen LogP contribution >= 0.6 is 0 Å². The van der Waals surface area contributed by atoms with Gasteiger partial charge in [-0.3, -0.25) is 4.90 Å². The van der Waals surface area contributed by atoms with Crippen LogP contribution in [0.15, 0.2) is 0 Å². The number of alkyl halides is 2. The number of aliphatic hydroxyl groups is 1. The van der Waals surface area contributed by atoms with Crippen molar-refractivity contribution in [1.82, 2.24) is 9.62 Å². The van der Waals surface area contributed by atoms with Gasteiger partial charge in [0.05, 0.1) is 5.75 Å². The monoisotopic (exact) mass is 302 g/mol. The van der Waals surface area contributed by atoms with E-state index in [9.17, 15) is 22.0 Å². The van der Waals surface area contributed by atoms with E-state index in [2.05, 4.69) is 0 Å². The van der Waals surface area contributed by atoms with E-state index >= 15 is 0 Å². The van der Waals surface area contributed by atoms with Crippen LogP contribution in [-0.4, -0.2) is 66.5 Å². The summed E-state index contributed by atoms with van der Waals surface area (Å²) >= 11 is 0. The Morgan fingerprint density at radius 3 is 2.53 bits per heavy atom. The third-order valence-electron chi connectivity index (χ3n) is 3.01. The predicted octanol–water partition coefficient (Wildman–Crippen LogP) is -0.326. The second kappa shape index (κ2) is 5.55. The standard InChI is InChI=1S/C9H16F2N2O5S/c1-2-19(17,18)12-6-5-13(8(15)16)7(3-4-14)9(6,10)11/h6-7,12,14H,2-5H2,1H3,(H,15,16)/t6-,7-/m1/s1. The number of nitrogens with zero attached hydrogens (tertiary/aromatic N) is 1. The van der Waals surface area contributed by atoms with Gasteiger partial charge in [-0.15, -0.1) is 0 Å². The zero-order valence-corrected chi connectivity index (χ0v) is 11.0. The molecule has 1 aliphatic heterocycles. The van der Waals surface area contributed by atoms with Gasteiger partial charge in [-0.05, 0) is 13.3 Å². The summed E-state index contributed by atoms with van der Waals surface area (Å²) in [6, 6.07) is -3.55. The summed E-state index contributed by atoms with van der Waals surface area (Å²) in [7, 11) is -3.87. The Hall–Kier alpha value is -1.00. The van der Waals surface area contributed by atoms with E-state index in [1.807, 2.05) is 0 Å². The van der Waals surface area contributed by atoms with Gasteiger partial charge in [0.2, 0.25) is 10.0 Å². The zero-order chi connectivity index (χ0) is 14.8. The minimum absolute atomic E-state index is 0.378. The first-order valence-electron chi connectivity index (χ1n) is 5.64. The first kappa shape index (κ1) is 16.1. The number of sulfonamides is 1. The number of carboxylic acid groups (broad SMARTS) is 1. The average molecular weight is 302 g/mol. The molecule has 10 heteroatoms. The van der Waals surface area contributed by atoms with Gasteiger partial charge >= 0.3 is 6.09 Å². The molecular formula is C9H16F2N2O5S. The van der Waals surface area contributed by atoms with Crippen LogP contribution in [0.1, 0.15) is 13.3 Å². The number of aliphatic hydroxyl groups excluding tert-OH is 1. The Bertz CT molecular complexity index is 442. The number of nitrogens with one attached hydrogen (secondary N) is 1. The molecule has 0 saturated carbocycles. The minimum atomic E-state index is -3.87. The Morgan fingerprint density at radius 1 is 1.53 bits per heavy atom. The highest BCUT2D eigenvalue weighted by molar-refractivity contribution is 7.89. The zero-order valence-electron chi connectivity index (χ0n) is 10.2. The van der Waals surface area contributed by atoms with Crippen molar-refractivity contribution in [1.29, 1.82) is 0 Å². The van der Waals surface area contributed by atoms with E-state index < -0.39 is 53.7 Å². The van der Waals surface area contributed by atoms with Gasteiger partial charge in [-0.25, -0.2) is 26.7 Å². The molecule has 19 heavy (non-hydrogen) atoms. The second-order valence-electron chi connectivity index (χ2n) is 4.21. The fourth-order valence-corrected chi connectivity index (χ4v) is 2.82. The maximum Gasteiger partial charge on any atom is 0.407 e. The fourth-order valence-electron chi connectivity index (χ4n) is 1.98. The molecule has 3 N–H and O–H groups in total. The topological polar surface area (TPSA) is 107 Å². The molecule has 2 atom stereocenters. The Labute approximate surface area is 109 Å². The van der Waals surface area contributed by atoms with Crippen molar-refractivity contribution in [2.24, 2.45) is 0 Å². The lowest BCUT2D eigenvalue weighted by Gasteiger charge is -2.25. The highest BCUT2D eigenvalue weighted by Gasteiger charge is 2.58. The summed E-state index contributed by atoms with van der Waals surface area (Å²) in [5.74, 6) is -3.94. The number of rotatable bonds is 5. The van der Waals surface area contributed by atoms with E-state index in [0.717, 1.165) is 0 Å². The van der Waals surface area contributed by atoms with Crippen molar-refractivity contribution in [3.63, 3.8) is 0 Å². The smallest absolute Gasteiger partial charge is 0.407 e. The quantitative estimate of drug-likeness (QED) is 0.645. The van der Waals surface area contributed by atoms with Crippen LogP contribution in [0.25, 0.3) is 0 Å². The maximum atomic E-state index is 14.0. The second-order valence-corrected chi connectivity index (χ2v) is 6.25. The Kier molecular flexibility index (Phi) is 4.69. The van der Waals surface area contributed by atoms with Crippen LogP contribution in [0.2, 0.25) is 0 Å². The van der Waals surface area contributed by atoms with E-state index in [1.165, 1.54) is 6.92 Å². The molecular weight excluding hydrogens is 286 g/mol. The summed E-state index contributed by atoms with van der Waals surface area (Å²) in [4.78, 5) is 11.3. The van der Waals surface area contributed by atoms with Gasteiger partial charge in [-0.1, -0.05) is 0 Å². The molecule has 1 saturated heterocycles. The molecule has 1 heterocycles. The van der Waals surface area contributed by atoms with E-state index in [1.54, 1.807) is 4.72 Å². The largest absolute Gasteiger partial charge is 0.465 e. The van der Waals surface area contributed by atoms with Crippen molar-refractivity contribution < 1.29 is 32.2 Å². The van der Waals surface area contributed by atoms with Gasteiger partial charge < -0.3 is 10.2 Å². The fraction of sp³-hybridized carbons (Fsp3) is 0.889. The van der Waals surface area contributed by atoms with Crippen LogP contribution in [0, 0.1) is 0 Å². The lowest BCUT2D eigenvalue weighted by atomic mass is 10.1. The minimum Gasteiger partial charge on any atom is -0.465 e. The number of carbonyl (C=O) groups is 1. The molecule has 0 unspecified atom stereocenters. The Balaban J connectivity index is 3.00. The first-order chi connectivity index (χ1) is 8.65. The summed E-state index contributed by atoms with van der Waals surface area (Å²) in [5.41, 5.74) is 0. The van der Waals surface area contributed by atoms with Gasteiger partial charge in [0.25, 0.3) is 5.92 Å². The van der Waals surface area contributed by atoms with E-state index in [-0.39, 0.29) is 5.75 Å². The highest BCUT2D eigenvalue weighted by Crippen LogP contribution is 2.36. The molecule has 1 fully saturated rings. The van der Waals surface area contributed by atoms with Crippen LogP contribution < -0.4 is 4.72 Å². The van der Waals surface area contributed by atoms with Gasteiger partial charge in [0.15, 0.2) is 0 Å². The molecule has 1 aliphatic rings. The van der Waals surface area contributed by atoms with E-state index in [0.29, 0.717) is 4.90 Å². The predicted molar refractivity (Wildman–Crippen MR) is 61.6 cm³/mol. The van der Waals surface area contributed by atoms with Crippen LogP contribution in [0.5, 0.6) is 0 Å². The average Bonchev–Trinajstić information content (AvgIpc) is 2.53. The Morgan fingerprint density at radius 2 is 2.11 bits per heavy atom. The summed E-state index contributed by atoms with van der Waals surface area (Å²) in [6.07, 6.45) is -2.03. The molecule has 0 aromatic heterocycles. The van der Waals surface area contributed by atoms with Gasteiger partial charge in [-0.2, -0.15) is 0 Å². The van der Waals surface area contributed by atoms with Crippen molar-refractivity contribution in [2.75, 3.05) is 18.9 Å². The molecule has 1 amide bonds. The highest BCUT2D eigenvalue weighted by atomic mass is 32.2. The van der Waals surface area contributed by atoms with Gasteiger partial charge in [0.1, 0.15) is 12.1 Å². The third kappa shape index (κ3) is 3.31. The van der Waals surface area contributed by atoms with Crippen LogP contribution in [0.4, 0.5) is 13.6 Å². The molecule has 7 nitrogen and oxygen atoms in total. The molecule has 0 aromatic rings. The van der Waals surface area contributed by atoms with Crippen LogP contribution in [-0.2, 0) is 10.0 Å². The maximum absolute atomic E-state index is 14.0. The van der Waals surface area contributed by atoms with Gasteiger partial charge in [0, 0.05) is 13.2 Å². The van der Waals surface area contributed by atoms with Crippen molar-refractivity contribution in [3.8, 4) is 0 Å². The molecule has 0 spiro atoms. The first-order valence-corrected chi connectivity index (χ1v) is 7.29. The van der Waals surface area contributed by atoms with Crippen LogP contribution in [0.3, 0.4) is 0 Å². The lowest BCUT2D eigenvalue weighted by Crippen LogP contribution is -2.50.